The number of fused-ring (bicyclic) bond motifs is 2. The molecule has 1 atom stereocenters. The average molecular weight is 221 g/mol. The fourth-order valence-corrected chi connectivity index (χ4v) is 2.60. The number of phenols is 1. The molecule has 0 fully saturated rings. The predicted octanol–water partition coefficient (Wildman–Crippen LogP) is 1.28. The zero-order valence-electron chi connectivity index (χ0n) is 9.25. The van der Waals surface area contributed by atoms with E-state index in [1.165, 1.54) is 0 Å². The molecule has 4 heteroatoms. The van der Waals surface area contributed by atoms with Crippen LogP contribution in [0.1, 0.15) is 29.7 Å². The van der Waals surface area contributed by atoms with Gasteiger partial charge in [-0.15, -0.1) is 0 Å². The minimum absolute atomic E-state index is 0.0945. The van der Waals surface area contributed by atoms with Gasteiger partial charge in [-0.3, -0.25) is 0 Å². The molecule has 0 aliphatic carbocycles. The minimum atomic E-state index is -0.0945. The second-order valence-electron chi connectivity index (χ2n) is 4.36. The van der Waals surface area contributed by atoms with Gasteiger partial charge >= 0.3 is 0 Å². The van der Waals surface area contributed by atoms with E-state index in [-0.39, 0.29) is 11.8 Å². The first-order valence-corrected chi connectivity index (χ1v) is 5.62. The molecular formula is C12H15NO3. The van der Waals surface area contributed by atoms with Gasteiger partial charge in [-0.2, -0.15) is 0 Å². The maximum atomic E-state index is 10.1. The molecule has 4 nitrogen and oxygen atoms in total. The molecule has 1 unspecified atom stereocenters. The summed E-state index contributed by atoms with van der Waals surface area (Å²) in [5.41, 5.74) is 8.88. The summed E-state index contributed by atoms with van der Waals surface area (Å²) in [4.78, 5) is 0. The van der Waals surface area contributed by atoms with Crippen molar-refractivity contribution in [3.05, 3.63) is 16.7 Å². The van der Waals surface area contributed by atoms with E-state index < -0.39 is 0 Å². The molecule has 2 aliphatic rings. The van der Waals surface area contributed by atoms with E-state index in [1.807, 2.05) is 6.92 Å². The lowest BCUT2D eigenvalue weighted by Gasteiger charge is -2.16. The summed E-state index contributed by atoms with van der Waals surface area (Å²) in [5.74, 6) is 1.66. The van der Waals surface area contributed by atoms with E-state index in [2.05, 4.69) is 0 Å². The quantitative estimate of drug-likeness (QED) is 0.749. The third kappa shape index (κ3) is 1.13. The number of nitrogens with two attached hydrogens (primary N) is 1. The van der Waals surface area contributed by atoms with E-state index >= 15 is 0 Å². The molecule has 2 heterocycles. The van der Waals surface area contributed by atoms with Gasteiger partial charge in [0.15, 0.2) is 11.5 Å². The van der Waals surface area contributed by atoms with Gasteiger partial charge in [0.2, 0.25) is 0 Å². The molecule has 0 amide bonds. The molecule has 0 saturated heterocycles. The number of hydrogen-bond donors (Lipinski definition) is 2. The molecule has 1 aromatic carbocycles. The maximum absolute atomic E-state index is 10.1. The van der Waals surface area contributed by atoms with Crippen molar-refractivity contribution in [3.8, 4) is 17.2 Å². The summed E-state index contributed by atoms with van der Waals surface area (Å²) in [6, 6.07) is -0.0945. The Morgan fingerprint density at radius 2 is 1.75 bits per heavy atom. The van der Waals surface area contributed by atoms with E-state index in [0.717, 1.165) is 35.3 Å². The fraction of sp³-hybridized carbons (Fsp3) is 0.500. The van der Waals surface area contributed by atoms with Crippen LogP contribution >= 0.6 is 0 Å². The fourth-order valence-electron chi connectivity index (χ4n) is 2.60. The van der Waals surface area contributed by atoms with Crippen LogP contribution in [0.15, 0.2) is 0 Å². The molecule has 3 N–H and O–H groups in total. The maximum Gasteiger partial charge on any atom is 0.165 e. The second kappa shape index (κ2) is 3.28. The number of rotatable bonds is 1. The molecule has 16 heavy (non-hydrogen) atoms. The molecule has 0 radical (unpaired) electrons. The standard InChI is InChI=1S/C12H15NO3/c1-6(13)9-7-2-4-16-12(7)10(14)8-3-5-15-11(8)9/h6,14H,2-5,13H2,1H3. The van der Waals surface area contributed by atoms with Crippen molar-refractivity contribution in [2.75, 3.05) is 13.2 Å². The number of phenolic OH excluding ortho intramolecular Hbond substituents is 1. The van der Waals surface area contributed by atoms with Crippen molar-refractivity contribution < 1.29 is 14.6 Å². The van der Waals surface area contributed by atoms with Crippen molar-refractivity contribution in [1.29, 1.82) is 0 Å². The minimum Gasteiger partial charge on any atom is -0.504 e. The Bertz CT molecular complexity index is 419. The third-order valence-corrected chi connectivity index (χ3v) is 3.27. The Balaban J connectivity index is 2.31. The van der Waals surface area contributed by atoms with Crippen LogP contribution in [0, 0.1) is 0 Å². The summed E-state index contributed by atoms with van der Waals surface area (Å²) >= 11 is 0. The molecule has 0 bridgehead atoms. The number of ether oxygens (including phenoxy) is 2. The summed E-state index contributed by atoms with van der Waals surface area (Å²) in [5, 5.41) is 10.1. The van der Waals surface area contributed by atoms with Crippen LogP contribution in [0.5, 0.6) is 17.2 Å². The molecule has 0 aromatic heterocycles. The number of hydrogen-bond acceptors (Lipinski definition) is 4. The van der Waals surface area contributed by atoms with Crippen molar-refractivity contribution in [2.24, 2.45) is 5.73 Å². The van der Waals surface area contributed by atoms with Crippen LogP contribution in [0.2, 0.25) is 0 Å². The van der Waals surface area contributed by atoms with Crippen molar-refractivity contribution in [2.45, 2.75) is 25.8 Å². The van der Waals surface area contributed by atoms with Gasteiger partial charge in [-0.25, -0.2) is 0 Å². The highest BCUT2D eigenvalue weighted by molar-refractivity contribution is 5.65. The van der Waals surface area contributed by atoms with Crippen LogP contribution in [-0.2, 0) is 12.8 Å². The third-order valence-electron chi connectivity index (χ3n) is 3.27. The van der Waals surface area contributed by atoms with Gasteiger partial charge in [-0.1, -0.05) is 0 Å². The van der Waals surface area contributed by atoms with Crippen LogP contribution in [0.25, 0.3) is 0 Å². The Morgan fingerprint density at radius 1 is 1.12 bits per heavy atom. The van der Waals surface area contributed by atoms with E-state index in [0.29, 0.717) is 19.0 Å². The van der Waals surface area contributed by atoms with Crippen molar-refractivity contribution in [1.82, 2.24) is 0 Å². The van der Waals surface area contributed by atoms with E-state index in [9.17, 15) is 5.11 Å². The van der Waals surface area contributed by atoms with Gasteiger partial charge < -0.3 is 20.3 Å². The molecule has 0 spiro atoms. The summed E-state index contributed by atoms with van der Waals surface area (Å²) in [7, 11) is 0. The molecule has 1 aromatic rings. The lowest BCUT2D eigenvalue weighted by molar-refractivity contribution is 0.333. The Hall–Kier alpha value is -1.42. The first-order valence-electron chi connectivity index (χ1n) is 5.62. The average Bonchev–Trinajstić information content (AvgIpc) is 2.84. The topological polar surface area (TPSA) is 64.7 Å². The van der Waals surface area contributed by atoms with E-state index in [1.54, 1.807) is 0 Å². The monoisotopic (exact) mass is 221 g/mol. The van der Waals surface area contributed by atoms with E-state index in [4.69, 9.17) is 15.2 Å². The molecule has 86 valence electrons. The lowest BCUT2D eigenvalue weighted by Crippen LogP contribution is -2.09. The SMILES string of the molecule is CC(N)c1c2c(c(O)c3c1OCC3)OCC2. The zero-order chi connectivity index (χ0) is 11.3. The summed E-state index contributed by atoms with van der Waals surface area (Å²) in [6.07, 6.45) is 1.54. The highest BCUT2D eigenvalue weighted by Gasteiger charge is 2.32. The summed E-state index contributed by atoms with van der Waals surface area (Å²) in [6.45, 7) is 3.17. The lowest BCUT2D eigenvalue weighted by atomic mass is 9.94. The van der Waals surface area contributed by atoms with Gasteiger partial charge in [0.1, 0.15) is 5.75 Å². The van der Waals surface area contributed by atoms with Gasteiger partial charge in [0, 0.05) is 35.6 Å². The normalized spacial score (nSPS) is 18.6. The first kappa shape index (κ1) is 9.78. The van der Waals surface area contributed by atoms with Crippen molar-refractivity contribution >= 4 is 0 Å². The van der Waals surface area contributed by atoms with Crippen molar-refractivity contribution in [3.63, 3.8) is 0 Å². The highest BCUT2D eigenvalue weighted by Crippen LogP contribution is 2.49. The second-order valence-corrected chi connectivity index (χ2v) is 4.36. The van der Waals surface area contributed by atoms with Crippen LogP contribution in [-0.4, -0.2) is 18.3 Å². The highest BCUT2D eigenvalue weighted by atomic mass is 16.5. The number of aromatic hydroxyl groups is 1. The molecule has 3 rings (SSSR count). The largest absolute Gasteiger partial charge is 0.504 e. The smallest absolute Gasteiger partial charge is 0.165 e. The van der Waals surface area contributed by atoms with Crippen LogP contribution in [0.4, 0.5) is 0 Å². The Labute approximate surface area is 94.0 Å². The predicted molar refractivity (Wildman–Crippen MR) is 59.1 cm³/mol. The number of benzene rings is 1. The van der Waals surface area contributed by atoms with Crippen LogP contribution < -0.4 is 15.2 Å². The first-order chi connectivity index (χ1) is 7.70. The Morgan fingerprint density at radius 3 is 2.44 bits per heavy atom. The molecule has 2 aliphatic heterocycles. The zero-order valence-corrected chi connectivity index (χ0v) is 9.25. The Kier molecular flexibility index (Phi) is 2.01. The van der Waals surface area contributed by atoms with Gasteiger partial charge in [0.05, 0.1) is 13.2 Å². The summed E-state index contributed by atoms with van der Waals surface area (Å²) < 4.78 is 11.1. The molecule has 0 saturated carbocycles. The van der Waals surface area contributed by atoms with Crippen LogP contribution in [0.3, 0.4) is 0 Å². The van der Waals surface area contributed by atoms with Gasteiger partial charge in [0.25, 0.3) is 0 Å². The van der Waals surface area contributed by atoms with Gasteiger partial charge in [-0.05, 0) is 6.92 Å². The molecular weight excluding hydrogens is 206 g/mol.